The number of ether oxygens (including phenoxy) is 2. The molecule has 132 valence electrons. The van der Waals surface area contributed by atoms with E-state index in [2.05, 4.69) is 5.32 Å². The number of carbonyl (C=O) groups is 2. The number of carbonyl (C=O) groups excluding carboxylic acids is 1. The van der Waals surface area contributed by atoms with E-state index in [0.29, 0.717) is 24.6 Å². The summed E-state index contributed by atoms with van der Waals surface area (Å²) in [6.45, 7) is 1.73. The second-order valence-electron chi connectivity index (χ2n) is 6.05. The van der Waals surface area contributed by atoms with Crippen LogP contribution in [0.2, 0.25) is 0 Å². The fourth-order valence-electron chi connectivity index (χ4n) is 2.77. The van der Waals surface area contributed by atoms with Crippen molar-refractivity contribution >= 4 is 11.9 Å². The minimum Gasteiger partial charge on any atom is -0.482 e. The van der Waals surface area contributed by atoms with E-state index in [0.717, 1.165) is 44.5 Å². The smallest absolute Gasteiger partial charge is 0.341 e. The van der Waals surface area contributed by atoms with Crippen molar-refractivity contribution in [3.05, 3.63) is 29.8 Å². The summed E-state index contributed by atoms with van der Waals surface area (Å²) in [6.07, 6.45) is 4.72. The number of aliphatic carboxylic acids is 1. The summed E-state index contributed by atoms with van der Waals surface area (Å²) in [5, 5.41) is 11.5. The maximum absolute atomic E-state index is 11.9. The van der Waals surface area contributed by atoms with Gasteiger partial charge in [-0.1, -0.05) is 12.1 Å². The Labute approximate surface area is 142 Å². The molecule has 6 nitrogen and oxygen atoms in total. The summed E-state index contributed by atoms with van der Waals surface area (Å²) in [5.74, 6) is 0.204. The first-order valence-electron chi connectivity index (χ1n) is 8.41. The van der Waals surface area contributed by atoms with Crippen molar-refractivity contribution in [2.24, 2.45) is 5.92 Å². The van der Waals surface area contributed by atoms with Crippen molar-refractivity contribution < 1.29 is 24.2 Å². The van der Waals surface area contributed by atoms with Gasteiger partial charge in [0.2, 0.25) is 5.91 Å². The van der Waals surface area contributed by atoms with Crippen molar-refractivity contribution in [2.75, 3.05) is 19.8 Å². The third-order valence-electron chi connectivity index (χ3n) is 4.11. The van der Waals surface area contributed by atoms with Crippen LogP contribution in [0.25, 0.3) is 0 Å². The Morgan fingerprint density at radius 3 is 2.83 bits per heavy atom. The van der Waals surface area contributed by atoms with Gasteiger partial charge in [0.1, 0.15) is 5.75 Å². The lowest BCUT2D eigenvalue weighted by Crippen LogP contribution is -2.23. The molecular formula is C18H25NO5. The highest BCUT2D eigenvalue weighted by Crippen LogP contribution is 2.20. The number of nitrogens with one attached hydrogen (secondary N) is 1. The molecule has 1 saturated heterocycles. The van der Waals surface area contributed by atoms with Crippen LogP contribution in [-0.4, -0.2) is 36.8 Å². The van der Waals surface area contributed by atoms with E-state index in [1.807, 2.05) is 6.07 Å². The molecule has 0 bridgehead atoms. The molecule has 0 spiro atoms. The lowest BCUT2D eigenvalue weighted by Gasteiger charge is -2.21. The number of rotatable bonds is 9. The average Bonchev–Trinajstić information content (AvgIpc) is 2.59. The van der Waals surface area contributed by atoms with Crippen molar-refractivity contribution in [3.8, 4) is 5.75 Å². The van der Waals surface area contributed by atoms with Gasteiger partial charge in [0.25, 0.3) is 0 Å². The van der Waals surface area contributed by atoms with Crippen molar-refractivity contribution in [3.63, 3.8) is 0 Å². The Bertz CT molecular complexity index is 540. The van der Waals surface area contributed by atoms with Gasteiger partial charge in [-0.2, -0.15) is 0 Å². The second kappa shape index (κ2) is 9.93. The molecule has 1 fully saturated rings. The summed E-state index contributed by atoms with van der Waals surface area (Å²) < 4.78 is 10.5. The molecule has 2 N–H and O–H groups in total. The van der Waals surface area contributed by atoms with Gasteiger partial charge in [-0.05, 0) is 49.3 Å². The molecule has 1 heterocycles. The Morgan fingerprint density at radius 2 is 2.08 bits per heavy atom. The molecule has 1 aliphatic heterocycles. The first-order chi connectivity index (χ1) is 11.6. The van der Waals surface area contributed by atoms with Gasteiger partial charge in [-0.25, -0.2) is 4.79 Å². The zero-order chi connectivity index (χ0) is 17.2. The van der Waals surface area contributed by atoms with Crippen LogP contribution in [0.3, 0.4) is 0 Å². The van der Waals surface area contributed by atoms with Crippen LogP contribution in [-0.2, 0) is 20.9 Å². The van der Waals surface area contributed by atoms with Gasteiger partial charge in [0.15, 0.2) is 6.61 Å². The van der Waals surface area contributed by atoms with E-state index < -0.39 is 5.97 Å². The summed E-state index contributed by atoms with van der Waals surface area (Å²) in [7, 11) is 0. The molecule has 1 aliphatic rings. The number of hydrogen-bond acceptors (Lipinski definition) is 4. The van der Waals surface area contributed by atoms with Gasteiger partial charge >= 0.3 is 5.97 Å². The monoisotopic (exact) mass is 335 g/mol. The van der Waals surface area contributed by atoms with E-state index in [-0.39, 0.29) is 12.5 Å². The number of carboxylic acids is 1. The number of amides is 1. The molecule has 0 aromatic heterocycles. The van der Waals surface area contributed by atoms with E-state index in [1.54, 1.807) is 18.2 Å². The van der Waals surface area contributed by atoms with Crippen LogP contribution in [0, 0.1) is 5.92 Å². The average molecular weight is 335 g/mol. The molecule has 0 aliphatic carbocycles. The third kappa shape index (κ3) is 7.00. The van der Waals surface area contributed by atoms with Crippen LogP contribution in [0.15, 0.2) is 24.3 Å². The first kappa shape index (κ1) is 18.3. The molecule has 0 radical (unpaired) electrons. The van der Waals surface area contributed by atoms with Crippen LogP contribution in [0.5, 0.6) is 5.75 Å². The van der Waals surface area contributed by atoms with Crippen molar-refractivity contribution in [2.45, 2.75) is 38.6 Å². The largest absolute Gasteiger partial charge is 0.482 e. The summed E-state index contributed by atoms with van der Waals surface area (Å²) in [6, 6.07) is 7.09. The fraction of sp³-hybridized carbons (Fsp3) is 0.556. The maximum atomic E-state index is 11.9. The van der Waals surface area contributed by atoms with E-state index in [9.17, 15) is 9.59 Å². The summed E-state index contributed by atoms with van der Waals surface area (Å²) in [5.41, 5.74) is 0.885. The van der Waals surface area contributed by atoms with E-state index in [4.69, 9.17) is 14.6 Å². The SMILES string of the molecule is O=C(O)COc1cccc(CNC(=O)CCCC2CCOCC2)c1. The molecule has 0 saturated carbocycles. The first-order valence-corrected chi connectivity index (χ1v) is 8.41. The highest BCUT2D eigenvalue weighted by molar-refractivity contribution is 5.75. The Balaban J connectivity index is 1.65. The standard InChI is InChI=1S/C18H25NO5/c20-17(6-2-3-14-7-9-23-10-8-14)19-12-15-4-1-5-16(11-15)24-13-18(21)22/h1,4-5,11,14H,2-3,6-10,12-13H2,(H,19,20)(H,21,22). The predicted octanol–water partition coefficient (Wildman–Crippen LogP) is 2.36. The zero-order valence-corrected chi connectivity index (χ0v) is 13.8. The van der Waals surface area contributed by atoms with Crippen LogP contribution in [0.1, 0.15) is 37.7 Å². The number of carboxylic acid groups (broad SMARTS) is 1. The minimum absolute atomic E-state index is 0.0407. The Morgan fingerprint density at radius 1 is 1.29 bits per heavy atom. The van der Waals surface area contributed by atoms with Gasteiger partial charge < -0.3 is 19.9 Å². The molecule has 1 amide bonds. The highest BCUT2D eigenvalue weighted by atomic mass is 16.5. The fourth-order valence-corrected chi connectivity index (χ4v) is 2.77. The Hall–Kier alpha value is -2.08. The maximum Gasteiger partial charge on any atom is 0.341 e. The molecule has 2 rings (SSSR count). The molecule has 1 aromatic carbocycles. The van der Waals surface area contributed by atoms with Gasteiger partial charge in [0.05, 0.1) is 0 Å². The molecule has 6 heteroatoms. The van der Waals surface area contributed by atoms with E-state index in [1.165, 1.54) is 0 Å². The van der Waals surface area contributed by atoms with Gasteiger partial charge in [0, 0.05) is 26.2 Å². The second-order valence-corrected chi connectivity index (χ2v) is 6.05. The quantitative estimate of drug-likeness (QED) is 0.724. The van der Waals surface area contributed by atoms with Crippen LogP contribution in [0.4, 0.5) is 0 Å². The lowest BCUT2D eigenvalue weighted by atomic mass is 9.94. The van der Waals surface area contributed by atoms with Crippen LogP contribution >= 0.6 is 0 Å². The predicted molar refractivity (Wildman–Crippen MR) is 88.8 cm³/mol. The molecule has 0 unspecified atom stereocenters. The topological polar surface area (TPSA) is 84.9 Å². The van der Waals surface area contributed by atoms with Crippen molar-refractivity contribution in [1.29, 1.82) is 0 Å². The van der Waals surface area contributed by atoms with Gasteiger partial charge in [-0.15, -0.1) is 0 Å². The molecule has 1 aromatic rings. The third-order valence-corrected chi connectivity index (χ3v) is 4.11. The van der Waals surface area contributed by atoms with Gasteiger partial charge in [-0.3, -0.25) is 4.79 Å². The highest BCUT2D eigenvalue weighted by Gasteiger charge is 2.13. The summed E-state index contributed by atoms with van der Waals surface area (Å²) in [4.78, 5) is 22.4. The molecule has 24 heavy (non-hydrogen) atoms. The number of hydrogen-bond donors (Lipinski definition) is 2. The molecule has 0 atom stereocenters. The number of benzene rings is 1. The summed E-state index contributed by atoms with van der Waals surface area (Å²) >= 11 is 0. The van der Waals surface area contributed by atoms with E-state index >= 15 is 0 Å². The zero-order valence-electron chi connectivity index (χ0n) is 13.8. The van der Waals surface area contributed by atoms with Crippen LogP contribution < -0.4 is 10.1 Å². The normalized spacial score (nSPS) is 15.0. The minimum atomic E-state index is -1.02. The molecular weight excluding hydrogens is 310 g/mol. The van der Waals surface area contributed by atoms with Crippen molar-refractivity contribution in [1.82, 2.24) is 5.32 Å². The lowest BCUT2D eigenvalue weighted by molar-refractivity contribution is -0.139. The Kier molecular flexibility index (Phi) is 7.55.